The average Bonchev–Trinajstić information content (AvgIpc) is 2.98. The maximum Gasteiger partial charge on any atom is 0.338 e. The SMILES string of the molecule is C=CCN1C(=S)N(c2cccc(Cl)c2)C(=O)C1CC(=O)Nc1ccc(C(=O)OCC)cc1. The lowest BCUT2D eigenvalue weighted by atomic mass is 10.1. The van der Waals surface area contributed by atoms with Crippen LogP contribution in [0.2, 0.25) is 5.02 Å². The Bertz CT molecular complexity index is 1060. The number of esters is 1. The highest BCUT2D eigenvalue weighted by atomic mass is 35.5. The van der Waals surface area contributed by atoms with Gasteiger partial charge in [-0.25, -0.2) is 4.79 Å². The van der Waals surface area contributed by atoms with E-state index >= 15 is 0 Å². The molecule has 9 heteroatoms. The van der Waals surface area contributed by atoms with Crippen LogP contribution in [-0.2, 0) is 14.3 Å². The smallest absolute Gasteiger partial charge is 0.338 e. The number of halogens is 1. The molecule has 166 valence electrons. The molecule has 0 bridgehead atoms. The Morgan fingerprint density at radius 3 is 2.59 bits per heavy atom. The Hall–Kier alpha value is -3.23. The summed E-state index contributed by atoms with van der Waals surface area (Å²) in [5, 5.41) is 3.51. The number of nitrogens with one attached hydrogen (secondary N) is 1. The number of benzene rings is 2. The van der Waals surface area contributed by atoms with E-state index in [0.717, 1.165) is 0 Å². The third kappa shape index (κ3) is 5.15. The van der Waals surface area contributed by atoms with Gasteiger partial charge in [0.1, 0.15) is 6.04 Å². The molecule has 2 aromatic rings. The van der Waals surface area contributed by atoms with Crippen molar-refractivity contribution in [1.82, 2.24) is 4.90 Å². The number of nitrogens with zero attached hydrogens (tertiary/aromatic N) is 2. The molecule has 1 unspecified atom stereocenters. The van der Waals surface area contributed by atoms with Crippen molar-refractivity contribution in [3.63, 3.8) is 0 Å². The molecule has 1 heterocycles. The van der Waals surface area contributed by atoms with Gasteiger partial charge in [0.25, 0.3) is 5.91 Å². The molecule has 2 aromatic carbocycles. The zero-order valence-electron chi connectivity index (χ0n) is 17.4. The molecule has 1 aliphatic heterocycles. The van der Waals surface area contributed by atoms with Crippen LogP contribution >= 0.6 is 23.8 Å². The van der Waals surface area contributed by atoms with Gasteiger partial charge in [0, 0.05) is 17.3 Å². The van der Waals surface area contributed by atoms with Crippen molar-refractivity contribution in [1.29, 1.82) is 0 Å². The fraction of sp³-hybridized carbons (Fsp3) is 0.217. The molecule has 0 radical (unpaired) electrons. The minimum absolute atomic E-state index is 0.108. The van der Waals surface area contributed by atoms with Crippen LogP contribution in [0.4, 0.5) is 11.4 Å². The molecule has 2 amide bonds. The molecule has 0 spiro atoms. The van der Waals surface area contributed by atoms with Crippen LogP contribution in [-0.4, -0.2) is 47.0 Å². The van der Waals surface area contributed by atoms with E-state index in [-0.39, 0.29) is 30.0 Å². The molecule has 3 rings (SSSR count). The van der Waals surface area contributed by atoms with Crippen molar-refractivity contribution in [2.75, 3.05) is 23.4 Å². The van der Waals surface area contributed by atoms with Crippen molar-refractivity contribution >= 4 is 58.1 Å². The topological polar surface area (TPSA) is 79.0 Å². The quantitative estimate of drug-likeness (QED) is 0.355. The van der Waals surface area contributed by atoms with E-state index in [2.05, 4.69) is 11.9 Å². The molecule has 0 aliphatic carbocycles. The highest BCUT2D eigenvalue weighted by Crippen LogP contribution is 2.29. The number of carbonyl (C=O) groups is 3. The van der Waals surface area contributed by atoms with Gasteiger partial charge in [-0.1, -0.05) is 23.7 Å². The maximum atomic E-state index is 13.2. The molecular weight excluding hydrogens is 450 g/mol. The number of amides is 2. The summed E-state index contributed by atoms with van der Waals surface area (Å²) < 4.78 is 4.95. The van der Waals surface area contributed by atoms with Gasteiger partial charge < -0.3 is 15.0 Å². The van der Waals surface area contributed by atoms with Gasteiger partial charge in [-0.3, -0.25) is 14.5 Å². The van der Waals surface area contributed by atoms with Crippen molar-refractivity contribution < 1.29 is 19.1 Å². The lowest BCUT2D eigenvalue weighted by molar-refractivity contribution is -0.124. The second kappa shape index (κ2) is 10.4. The van der Waals surface area contributed by atoms with Gasteiger partial charge in [0.15, 0.2) is 5.11 Å². The predicted octanol–water partition coefficient (Wildman–Crippen LogP) is 4.03. The van der Waals surface area contributed by atoms with E-state index < -0.39 is 12.0 Å². The van der Waals surface area contributed by atoms with Crippen molar-refractivity contribution in [2.24, 2.45) is 0 Å². The summed E-state index contributed by atoms with van der Waals surface area (Å²) in [5.74, 6) is -1.11. The number of rotatable bonds is 8. The molecule has 1 aliphatic rings. The largest absolute Gasteiger partial charge is 0.462 e. The molecular formula is C23H22ClN3O4S. The van der Waals surface area contributed by atoms with Crippen LogP contribution in [0.1, 0.15) is 23.7 Å². The minimum Gasteiger partial charge on any atom is -0.462 e. The van der Waals surface area contributed by atoms with Crippen molar-refractivity contribution in [3.8, 4) is 0 Å². The van der Waals surface area contributed by atoms with Crippen LogP contribution in [0.3, 0.4) is 0 Å². The van der Waals surface area contributed by atoms with Gasteiger partial charge in [-0.2, -0.15) is 0 Å². The monoisotopic (exact) mass is 471 g/mol. The van der Waals surface area contributed by atoms with Crippen LogP contribution in [0, 0.1) is 0 Å². The van der Waals surface area contributed by atoms with Crippen molar-refractivity contribution in [3.05, 3.63) is 71.8 Å². The van der Waals surface area contributed by atoms with Gasteiger partial charge in [0.2, 0.25) is 5.91 Å². The van der Waals surface area contributed by atoms with Gasteiger partial charge >= 0.3 is 5.97 Å². The predicted molar refractivity (Wildman–Crippen MR) is 128 cm³/mol. The van der Waals surface area contributed by atoms with E-state index in [1.54, 1.807) is 66.4 Å². The minimum atomic E-state index is -0.779. The second-order valence-corrected chi connectivity index (χ2v) is 7.74. The number of carbonyl (C=O) groups excluding carboxylic acids is 3. The number of anilines is 2. The molecule has 0 saturated carbocycles. The lowest BCUT2D eigenvalue weighted by Gasteiger charge is -2.22. The molecule has 1 N–H and O–H groups in total. The first kappa shape index (κ1) is 23.4. The van der Waals surface area contributed by atoms with Gasteiger partial charge in [0.05, 0.1) is 24.3 Å². The molecule has 1 fully saturated rings. The first-order valence-corrected chi connectivity index (χ1v) is 10.7. The normalized spacial score (nSPS) is 15.6. The van der Waals surface area contributed by atoms with Crippen LogP contribution < -0.4 is 10.2 Å². The highest BCUT2D eigenvalue weighted by molar-refractivity contribution is 7.80. The first-order valence-electron chi connectivity index (χ1n) is 9.93. The molecule has 32 heavy (non-hydrogen) atoms. The van der Waals surface area contributed by atoms with Gasteiger partial charge in [-0.05, 0) is 61.6 Å². The summed E-state index contributed by atoms with van der Waals surface area (Å²) in [4.78, 5) is 40.7. The molecule has 1 saturated heterocycles. The van der Waals surface area contributed by atoms with Gasteiger partial charge in [-0.15, -0.1) is 6.58 Å². The number of thiocarbonyl (C=S) groups is 1. The fourth-order valence-electron chi connectivity index (χ4n) is 3.32. The zero-order valence-corrected chi connectivity index (χ0v) is 19.0. The van der Waals surface area contributed by atoms with Crippen LogP contribution in [0.25, 0.3) is 0 Å². The molecule has 1 atom stereocenters. The Labute approximate surface area is 196 Å². The summed E-state index contributed by atoms with van der Waals surface area (Å²) in [5.41, 5.74) is 1.42. The third-order valence-corrected chi connectivity index (χ3v) is 5.42. The number of hydrogen-bond donors (Lipinski definition) is 1. The highest BCUT2D eigenvalue weighted by Gasteiger charge is 2.43. The van der Waals surface area contributed by atoms with Crippen LogP contribution in [0.5, 0.6) is 0 Å². The number of ether oxygens (including phenoxy) is 1. The van der Waals surface area contributed by atoms with E-state index in [1.165, 1.54) is 4.90 Å². The third-order valence-electron chi connectivity index (χ3n) is 4.77. The average molecular weight is 472 g/mol. The van der Waals surface area contributed by atoms with E-state index in [9.17, 15) is 14.4 Å². The number of hydrogen-bond acceptors (Lipinski definition) is 5. The Balaban J connectivity index is 1.73. The molecule has 7 nitrogen and oxygen atoms in total. The Morgan fingerprint density at radius 2 is 1.97 bits per heavy atom. The summed E-state index contributed by atoms with van der Waals surface area (Å²) >= 11 is 11.6. The van der Waals surface area contributed by atoms with E-state index in [4.69, 9.17) is 28.6 Å². The second-order valence-electron chi connectivity index (χ2n) is 6.94. The zero-order chi connectivity index (χ0) is 23.3. The standard InChI is InChI=1S/C23H22ClN3O4S/c1-3-12-26-19(21(29)27(23(26)32)18-7-5-6-16(24)13-18)14-20(28)25-17-10-8-15(9-11-17)22(30)31-4-2/h3,5-11,13,19H,1,4,12,14H2,2H3,(H,25,28). The maximum absolute atomic E-state index is 13.2. The first-order chi connectivity index (χ1) is 15.3. The summed E-state index contributed by atoms with van der Waals surface area (Å²) in [6, 6.07) is 12.4. The Kier molecular flexibility index (Phi) is 7.61. The van der Waals surface area contributed by atoms with E-state index in [1.807, 2.05) is 0 Å². The summed E-state index contributed by atoms with van der Waals surface area (Å²) in [7, 11) is 0. The Morgan fingerprint density at radius 1 is 1.25 bits per heavy atom. The molecule has 0 aromatic heterocycles. The lowest BCUT2D eigenvalue weighted by Crippen LogP contribution is -2.37. The van der Waals surface area contributed by atoms with E-state index in [0.29, 0.717) is 28.5 Å². The fourth-order valence-corrected chi connectivity index (χ4v) is 3.91. The summed E-state index contributed by atoms with van der Waals surface area (Å²) in [6.45, 7) is 6.04. The summed E-state index contributed by atoms with van der Waals surface area (Å²) in [6.07, 6.45) is 1.52. The van der Waals surface area contributed by atoms with Crippen LogP contribution in [0.15, 0.2) is 61.2 Å². The van der Waals surface area contributed by atoms with Crippen molar-refractivity contribution in [2.45, 2.75) is 19.4 Å².